The van der Waals surface area contributed by atoms with E-state index in [1.165, 1.54) is 6.92 Å². The van der Waals surface area contributed by atoms with Gasteiger partial charge in [-0.15, -0.1) is 0 Å². The van der Waals surface area contributed by atoms with Crippen molar-refractivity contribution in [2.24, 2.45) is 5.92 Å². The predicted molar refractivity (Wildman–Crippen MR) is 72.9 cm³/mol. The lowest BCUT2D eigenvalue weighted by atomic mass is 10.1. The van der Waals surface area contributed by atoms with Gasteiger partial charge in [-0.1, -0.05) is 6.92 Å². The minimum atomic E-state index is -2.34. The topological polar surface area (TPSA) is 90.1 Å². The molecule has 2 rings (SSSR count). The molecule has 0 aliphatic heterocycles. The number of hydrogen-bond donors (Lipinski definition) is 1. The molecule has 1 aromatic carbocycles. The van der Waals surface area contributed by atoms with Gasteiger partial charge in [0.25, 0.3) is 0 Å². The van der Waals surface area contributed by atoms with Crippen LogP contribution in [0.5, 0.6) is 0 Å². The molecule has 1 N–H and O–H groups in total. The van der Waals surface area contributed by atoms with E-state index in [9.17, 15) is 36.9 Å². The van der Waals surface area contributed by atoms with Crippen LogP contribution in [0.1, 0.15) is 6.92 Å². The molecule has 0 aliphatic carbocycles. The van der Waals surface area contributed by atoms with Crippen LogP contribution in [0.2, 0.25) is 0 Å². The molecule has 7 nitrogen and oxygen atoms in total. The maximum atomic E-state index is 13.5. The molecule has 134 valence electrons. The van der Waals surface area contributed by atoms with Gasteiger partial charge in [0.15, 0.2) is 23.3 Å². The second kappa shape index (κ2) is 6.83. The number of carbonyl (C=O) groups is 1. The molecule has 0 unspecified atom stereocenters. The lowest BCUT2D eigenvalue weighted by Crippen LogP contribution is -2.26. The first-order valence-corrected chi connectivity index (χ1v) is 6.62. The van der Waals surface area contributed by atoms with Crippen molar-refractivity contribution in [3.63, 3.8) is 0 Å². The molecule has 12 heteroatoms. The molecular weight excluding hydrogens is 355 g/mol. The summed E-state index contributed by atoms with van der Waals surface area (Å²) in [6.45, 7) is 1.05. The fourth-order valence-corrected chi connectivity index (χ4v) is 1.87. The van der Waals surface area contributed by atoms with Crippen LogP contribution in [0.15, 0.2) is 12.4 Å². The highest BCUT2D eigenvalue weighted by Crippen LogP contribution is 2.27. The third-order valence-corrected chi connectivity index (χ3v) is 3.20. The Labute approximate surface area is 136 Å². The third-order valence-electron chi connectivity index (χ3n) is 3.20. The van der Waals surface area contributed by atoms with Crippen LogP contribution in [0.25, 0.3) is 0 Å². The lowest BCUT2D eigenvalue weighted by molar-refractivity contribution is -0.385. The van der Waals surface area contributed by atoms with Gasteiger partial charge in [-0.05, 0) is 0 Å². The second-order valence-electron chi connectivity index (χ2n) is 5.01. The summed E-state index contributed by atoms with van der Waals surface area (Å²) in [4.78, 5) is 21.7. The number of carbonyl (C=O) groups excluding carboxylic acids is 1. The van der Waals surface area contributed by atoms with E-state index >= 15 is 0 Å². The highest BCUT2D eigenvalue weighted by Gasteiger charge is 2.28. The normalized spacial score (nSPS) is 12.1. The lowest BCUT2D eigenvalue weighted by Gasteiger charge is -2.14. The van der Waals surface area contributed by atoms with E-state index in [0.29, 0.717) is 0 Å². The van der Waals surface area contributed by atoms with Crippen LogP contribution in [-0.4, -0.2) is 20.6 Å². The summed E-state index contributed by atoms with van der Waals surface area (Å²) in [5.74, 6) is -13.2. The fourth-order valence-electron chi connectivity index (χ4n) is 1.87. The van der Waals surface area contributed by atoms with Crippen LogP contribution in [0, 0.1) is 45.1 Å². The number of hydrogen-bond acceptors (Lipinski definition) is 4. The van der Waals surface area contributed by atoms with Crippen molar-refractivity contribution in [2.45, 2.75) is 13.5 Å². The number of nitrogens with one attached hydrogen (secondary N) is 1. The zero-order chi connectivity index (χ0) is 18.9. The average molecular weight is 364 g/mol. The Morgan fingerprint density at radius 1 is 1.20 bits per heavy atom. The summed E-state index contributed by atoms with van der Waals surface area (Å²) in [6.07, 6.45) is 1.94. The van der Waals surface area contributed by atoms with Gasteiger partial charge >= 0.3 is 5.69 Å². The Hall–Kier alpha value is -3.05. The molecule has 0 fully saturated rings. The predicted octanol–water partition coefficient (Wildman–Crippen LogP) is 2.76. The molecule has 0 radical (unpaired) electrons. The van der Waals surface area contributed by atoms with Crippen LogP contribution in [-0.2, 0) is 11.3 Å². The molecular formula is C13H9F5N4O3. The molecule has 0 spiro atoms. The van der Waals surface area contributed by atoms with E-state index in [1.807, 2.05) is 0 Å². The SMILES string of the molecule is C[C@H](Cn1cc([N+](=O)[O-])cn1)C(=O)Nc1c(F)c(F)c(F)c(F)c1F. The number of anilines is 1. The molecule has 1 atom stereocenters. The summed E-state index contributed by atoms with van der Waals surface area (Å²) < 4.78 is 67.2. The Kier molecular flexibility index (Phi) is 4.99. The van der Waals surface area contributed by atoms with Gasteiger partial charge in [0.1, 0.15) is 18.1 Å². The van der Waals surface area contributed by atoms with Crippen molar-refractivity contribution in [2.75, 3.05) is 5.32 Å². The third kappa shape index (κ3) is 3.56. The Morgan fingerprint density at radius 2 is 1.72 bits per heavy atom. The highest BCUT2D eigenvalue weighted by molar-refractivity contribution is 5.92. The van der Waals surface area contributed by atoms with Gasteiger partial charge in [0.05, 0.1) is 17.4 Å². The quantitative estimate of drug-likeness (QED) is 0.290. The Bertz CT molecular complexity index is 825. The number of rotatable bonds is 5. The summed E-state index contributed by atoms with van der Waals surface area (Å²) in [6, 6.07) is 0. The van der Waals surface area contributed by atoms with E-state index in [0.717, 1.165) is 17.1 Å². The van der Waals surface area contributed by atoms with Gasteiger partial charge in [-0.25, -0.2) is 22.0 Å². The molecule has 0 bridgehead atoms. The van der Waals surface area contributed by atoms with Gasteiger partial charge < -0.3 is 5.32 Å². The van der Waals surface area contributed by atoms with Crippen molar-refractivity contribution in [3.8, 4) is 0 Å². The number of nitrogens with zero attached hydrogens (tertiary/aromatic N) is 3. The van der Waals surface area contributed by atoms with Crippen molar-refractivity contribution in [1.29, 1.82) is 0 Å². The van der Waals surface area contributed by atoms with Gasteiger partial charge in [0, 0.05) is 0 Å². The number of nitro groups is 1. The summed E-state index contributed by atoms with van der Waals surface area (Å²) in [7, 11) is 0. The summed E-state index contributed by atoms with van der Waals surface area (Å²) in [5, 5.41) is 15.8. The Morgan fingerprint density at radius 3 is 2.20 bits per heavy atom. The van der Waals surface area contributed by atoms with E-state index < -0.39 is 51.5 Å². The van der Waals surface area contributed by atoms with Crippen LogP contribution in [0.3, 0.4) is 0 Å². The first-order valence-electron chi connectivity index (χ1n) is 6.62. The molecule has 1 heterocycles. The smallest absolute Gasteiger partial charge is 0.306 e. The standard InChI is InChI=1S/C13H9F5N4O3/c1-5(3-21-4-6(2-19-21)22(24)25)13(23)20-12-10(17)8(15)7(14)9(16)11(12)18/h2,4-5H,3H2,1H3,(H,20,23)/t5-/m1/s1. The maximum Gasteiger partial charge on any atom is 0.306 e. The second-order valence-corrected chi connectivity index (χ2v) is 5.01. The maximum absolute atomic E-state index is 13.5. The molecule has 1 amide bonds. The minimum Gasteiger partial charge on any atom is -0.321 e. The van der Waals surface area contributed by atoms with Crippen molar-refractivity contribution in [1.82, 2.24) is 9.78 Å². The largest absolute Gasteiger partial charge is 0.321 e. The highest BCUT2D eigenvalue weighted by atomic mass is 19.2. The molecule has 25 heavy (non-hydrogen) atoms. The van der Waals surface area contributed by atoms with Crippen LogP contribution < -0.4 is 5.32 Å². The zero-order valence-electron chi connectivity index (χ0n) is 12.4. The zero-order valence-corrected chi connectivity index (χ0v) is 12.4. The van der Waals surface area contributed by atoms with E-state index in [4.69, 9.17) is 0 Å². The van der Waals surface area contributed by atoms with Gasteiger partial charge in [0.2, 0.25) is 11.7 Å². The molecule has 0 aliphatic rings. The van der Waals surface area contributed by atoms with Crippen molar-refractivity contribution in [3.05, 3.63) is 51.6 Å². The number of halogens is 5. The minimum absolute atomic E-state index is 0.227. The summed E-state index contributed by atoms with van der Waals surface area (Å²) >= 11 is 0. The monoisotopic (exact) mass is 364 g/mol. The van der Waals surface area contributed by atoms with Crippen molar-refractivity contribution < 1.29 is 31.7 Å². The summed E-state index contributed by atoms with van der Waals surface area (Å²) in [5.41, 5.74) is -1.81. The van der Waals surface area contributed by atoms with Gasteiger partial charge in [-0.2, -0.15) is 5.10 Å². The van der Waals surface area contributed by atoms with Crippen LogP contribution in [0.4, 0.5) is 33.3 Å². The molecule has 2 aromatic rings. The number of benzene rings is 1. The average Bonchev–Trinajstić information content (AvgIpc) is 3.03. The van der Waals surface area contributed by atoms with E-state index in [1.54, 1.807) is 5.32 Å². The van der Waals surface area contributed by atoms with Crippen molar-refractivity contribution >= 4 is 17.3 Å². The van der Waals surface area contributed by atoms with Crippen LogP contribution >= 0.6 is 0 Å². The molecule has 0 saturated carbocycles. The molecule has 1 aromatic heterocycles. The number of aromatic nitrogens is 2. The first kappa shape index (κ1) is 18.3. The van der Waals surface area contributed by atoms with E-state index in [2.05, 4.69) is 5.10 Å². The molecule has 0 saturated heterocycles. The van der Waals surface area contributed by atoms with E-state index in [-0.39, 0.29) is 12.2 Å². The fraction of sp³-hybridized carbons (Fsp3) is 0.231. The number of amides is 1. The van der Waals surface area contributed by atoms with Gasteiger partial charge in [-0.3, -0.25) is 19.6 Å². The Balaban J connectivity index is 2.17. The first-order chi connectivity index (χ1) is 11.6.